The smallest absolute Gasteiger partial charge is 0.330 e. The lowest BCUT2D eigenvalue weighted by Crippen LogP contribution is -2.10. The molecule has 0 aliphatic carbocycles. The van der Waals surface area contributed by atoms with Gasteiger partial charge in [-0.2, -0.15) is 4.89 Å². The summed E-state index contributed by atoms with van der Waals surface area (Å²) in [5.74, 6) is 1.86. The lowest BCUT2D eigenvalue weighted by Gasteiger charge is -2.06. The van der Waals surface area contributed by atoms with E-state index < -0.39 is 11.9 Å². The minimum atomic E-state index is -0.789. The summed E-state index contributed by atoms with van der Waals surface area (Å²) >= 11 is 18.6. The van der Waals surface area contributed by atoms with Gasteiger partial charge in [-0.3, -0.25) is 43.2 Å². The average Bonchev–Trinajstić information content (AvgIpc) is 1.71. The van der Waals surface area contributed by atoms with Crippen LogP contribution >= 0.6 is 125 Å². The molecule has 34 heteroatoms. The first-order valence-electron chi connectivity index (χ1n) is 38.8. The minimum absolute atomic E-state index is 0.0134. The first kappa shape index (κ1) is 108. The summed E-state index contributed by atoms with van der Waals surface area (Å²) in [7, 11) is 0. The molecule has 2 N–H and O–H groups in total. The summed E-state index contributed by atoms with van der Waals surface area (Å²) in [5.41, 5.74) is 8.22. The van der Waals surface area contributed by atoms with E-state index in [-0.39, 0.29) is 26.1 Å². The lowest BCUT2D eigenvalue weighted by atomic mass is 10.0. The molecule has 0 amide bonds. The highest BCUT2D eigenvalue weighted by molar-refractivity contribution is 7.94. The first-order chi connectivity index (χ1) is 58.4. The quantitative estimate of drug-likeness (QED) is 0.00681. The van der Waals surface area contributed by atoms with Crippen LogP contribution in [-0.2, 0) is 130 Å². The minimum Gasteiger partial charge on any atom is -0.492 e. The van der Waals surface area contributed by atoms with Crippen molar-refractivity contribution < 1.29 is 110 Å². The third-order valence-corrected chi connectivity index (χ3v) is 28.2. The van der Waals surface area contributed by atoms with Crippen molar-refractivity contribution in [2.45, 2.75) is 201 Å². The van der Waals surface area contributed by atoms with Gasteiger partial charge in [0.2, 0.25) is 6.79 Å². The predicted molar refractivity (Wildman–Crippen MR) is 497 cm³/mol. The second-order valence-corrected chi connectivity index (χ2v) is 41.1. The Morgan fingerprint density at radius 1 is 0.361 bits per heavy atom. The number of carbonyl (C=O) groups excluding carboxylic acids is 7. The zero-order valence-electron chi connectivity index (χ0n) is 72.3. The number of hydrogen-bond acceptors (Lipinski definition) is 32. The molecule has 0 spiro atoms. The fraction of sp³-hybridized carbons (Fsp3) is 0.443. The molecule has 23 nitrogen and oxygen atoms in total. The molecule has 0 saturated heterocycles. The number of hydrogen-bond donors (Lipinski definition) is 2. The van der Waals surface area contributed by atoms with Crippen LogP contribution in [0.3, 0.4) is 0 Å². The maximum absolute atomic E-state index is 10.9. The molecule has 0 aliphatic rings. The van der Waals surface area contributed by atoms with E-state index in [1.54, 1.807) is 90.7 Å². The summed E-state index contributed by atoms with van der Waals surface area (Å²) in [5, 5.41) is 17.7. The molecule has 0 atom stereocenters. The van der Waals surface area contributed by atoms with E-state index in [2.05, 4.69) is 120 Å². The SMILES string of the molecule is CCCCCCc1cc(C)sc1-c1cc(CC(=O)O)c(C)s1.Cc1cc(COOC=O)c(C)s1.Cc1cc(CSOC=O)c(C)s1.Cc1cc(OCCCOC=O)c(C)s1.Cc1cc(OCCOCCOC=O)c(C)s1.Cc1cc(OCOC=O)c(C)s1.Cc1ccc(-c2cc(CCOC=O)c(C)s2)s1.Cc1sc(C)c(CCC(=O)O)c1CCOC=O. The number of carboxylic acid groups (broad SMARTS) is 2. The number of aliphatic carboxylic acids is 2. The van der Waals surface area contributed by atoms with E-state index in [1.165, 1.54) is 137 Å². The van der Waals surface area contributed by atoms with Crippen LogP contribution in [-0.4, -0.2) is 127 Å². The number of carbonyl (C=O) groups is 9. The van der Waals surface area contributed by atoms with E-state index in [0.29, 0.717) is 111 Å². The average molecular weight is 1890 g/mol. The van der Waals surface area contributed by atoms with E-state index in [1.807, 2.05) is 109 Å². The van der Waals surface area contributed by atoms with Gasteiger partial charge >= 0.3 is 24.9 Å². The molecule has 0 saturated carbocycles. The van der Waals surface area contributed by atoms with Crippen LogP contribution < -0.4 is 14.2 Å². The van der Waals surface area contributed by atoms with Gasteiger partial charge in [0.05, 0.1) is 63.9 Å². The molecule has 10 aromatic rings. The Hall–Kier alpha value is -8.10. The molecular formula is C88H114O23S11. The van der Waals surface area contributed by atoms with Gasteiger partial charge in [0, 0.05) is 123 Å². The van der Waals surface area contributed by atoms with Crippen LogP contribution in [0.2, 0.25) is 0 Å². The van der Waals surface area contributed by atoms with Crippen molar-refractivity contribution in [3.8, 4) is 36.8 Å². The van der Waals surface area contributed by atoms with Crippen molar-refractivity contribution in [3.63, 3.8) is 0 Å². The number of unbranched alkanes of at least 4 members (excludes halogenated alkanes) is 3. The fourth-order valence-electron chi connectivity index (χ4n) is 11.3. The highest BCUT2D eigenvalue weighted by Crippen LogP contribution is 2.41. The number of thiophene rings is 10. The lowest BCUT2D eigenvalue weighted by molar-refractivity contribution is -0.266. The van der Waals surface area contributed by atoms with Gasteiger partial charge in [0.1, 0.15) is 37.1 Å². The van der Waals surface area contributed by atoms with Crippen LogP contribution in [0.15, 0.2) is 60.7 Å². The molecule has 0 unspecified atom stereocenters. The largest absolute Gasteiger partial charge is 0.492 e. The Morgan fingerprint density at radius 2 is 0.852 bits per heavy atom. The van der Waals surface area contributed by atoms with Crippen LogP contribution in [0, 0.1) is 111 Å². The Labute approximate surface area is 761 Å². The topological polar surface area (TPSA) is 305 Å². The molecule has 10 heterocycles. The zero-order valence-corrected chi connectivity index (χ0v) is 81.3. The Morgan fingerprint density at radius 3 is 1.38 bits per heavy atom. The Balaban J connectivity index is 0.000000363. The van der Waals surface area contributed by atoms with Gasteiger partial charge in [0.25, 0.3) is 32.4 Å². The molecule has 0 fully saturated rings. The first-order valence-corrected chi connectivity index (χ1v) is 47.9. The Bertz CT molecular complexity index is 4550. The third-order valence-electron chi connectivity index (χ3n) is 16.9. The summed E-state index contributed by atoms with van der Waals surface area (Å²) in [6.45, 7) is 41.8. The van der Waals surface area contributed by atoms with Crippen molar-refractivity contribution in [2.24, 2.45) is 0 Å². The molecule has 10 aromatic heterocycles. The highest BCUT2D eigenvalue weighted by atomic mass is 32.2. The number of rotatable bonds is 46. The Kier molecular flexibility index (Phi) is 55.7. The number of carboxylic acids is 2. The summed E-state index contributed by atoms with van der Waals surface area (Å²) in [6, 6.07) is 21.0. The third kappa shape index (κ3) is 44.0. The normalized spacial score (nSPS) is 10.2. The number of aryl methyl sites for hydroxylation is 17. The second-order valence-electron chi connectivity index (χ2n) is 26.6. The van der Waals surface area contributed by atoms with Crippen LogP contribution in [0.25, 0.3) is 19.5 Å². The van der Waals surface area contributed by atoms with Gasteiger partial charge in [-0.1, -0.05) is 26.2 Å². The van der Waals surface area contributed by atoms with E-state index >= 15 is 0 Å². The highest BCUT2D eigenvalue weighted by Gasteiger charge is 2.18. The van der Waals surface area contributed by atoms with E-state index in [9.17, 15) is 43.2 Å². The van der Waals surface area contributed by atoms with Crippen molar-refractivity contribution >= 4 is 183 Å². The van der Waals surface area contributed by atoms with Gasteiger partial charge in [-0.15, -0.1) is 113 Å². The van der Waals surface area contributed by atoms with Crippen LogP contribution in [0.4, 0.5) is 0 Å². The zero-order chi connectivity index (χ0) is 90.3. The number of ether oxygens (including phenoxy) is 9. The maximum atomic E-state index is 10.9. The molecule has 122 heavy (non-hydrogen) atoms. The fourth-order valence-corrected chi connectivity index (χ4v) is 21.9. The van der Waals surface area contributed by atoms with Gasteiger partial charge in [-0.25, -0.2) is 0 Å². The molecule has 10 rings (SSSR count). The monoisotopic (exact) mass is 1890 g/mol. The molecular weight excluding hydrogens is 1780 g/mol. The van der Waals surface area contributed by atoms with Gasteiger partial charge in [0.15, 0.2) is 0 Å². The van der Waals surface area contributed by atoms with E-state index in [4.69, 9.17) is 38.6 Å². The standard InChI is InChI=1S/C18H24O2S2.C13H14O2S2.C12H16O4S.C11H16O4S.C10H14O3S.2C8H10O3S.C8H10O2S2/c1-4-5-6-7-8-14-9-12(2)21-18(14)16-10-15(11-17(19)20)13(3)22-16;1-9-3-4-12(16-9)13-7-11(10(2)17-13)5-6-15-8-14;1-8-10(3-4-12(14)15)11(9(2)17-8)5-6-16-7-13;1-9-7-11(10(2)16-9)15-6-5-13-3-4-14-8-12;1-8-6-10(9(2)14-8)13-5-3-4-12-7-11;1-6-3-8(7(2)12-6)11-5-10-4-9;1-6-3-8(7(2)12-6)4-10-11-5-9;1-6-3-8(7(2)12-6)4-11-10-5-9/h9-10H,4-8,11H2,1-3H3,(H,19,20);3-4,7-8H,5-6H2,1-2H3;7H,3-6H2,1-2H3,(H,14,15);7-8H,3-6H2,1-2H3;6-7H,3-5H2,1-2H3;3-4H,5H2,1-2H3;2*3,5H,4H2,1-2H3. The summed E-state index contributed by atoms with van der Waals surface area (Å²) in [6.07, 6.45) is 9.21. The summed E-state index contributed by atoms with van der Waals surface area (Å²) in [4.78, 5) is 124. The summed E-state index contributed by atoms with van der Waals surface area (Å²) < 4.78 is 48.8. The molecule has 0 aliphatic heterocycles. The maximum Gasteiger partial charge on any atom is 0.330 e. The van der Waals surface area contributed by atoms with Crippen molar-refractivity contribution in [1.29, 1.82) is 0 Å². The predicted octanol–water partition coefficient (Wildman–Crippen LogP) is 22.5. The molecule has 0 radical (unpaired) electrons. The van der Waals surface area contributed by atoms with Crippen LogP contribution in [0.1, 0.15) is 162 Å². The van der Waals surface area contributed by atoms with Gasteiger partial charge in [-0.05, 0) is 230 Å². The van der Waals surface area contributed by atoms with E-state index in [0.717, 1.165) is 79.1 Å². The molecule has 670 valence electrons. The molecule has 0 bridgehead atoms. The van der Waals surface area contributed by atoms with Crippen LogP contribution in [0.5, 0.6) is 17.2 Å². The molecule has 0 aromatic carbocycles. The van der Waals surface area contributed by atoms with Crippen molar-refractivity contribution in [3.05, 3.63) is 178 Å². The van der Waals surface area contributed by atoms with Gasteiger partial charge < -0.3 is 61.9 Å². The second kappa shape index (κ2) is 62.9. The van der Waals surface area contributed by atoms with Crippen molar-refractivity contribution in [1.82, 2.24) is 0 Å². The van der Waals surface area contributed by atoms with Crippen molar-refractivity contribution in [2.75, 3.05) is 59.6 Å².